The highest BCUT2D eigenvalue weighted by molar-refractivity contribution is 7.98. The molecular weight excluding hydrogens is 254 g/mol. The molecule has 0 aliphatic carbocycles. The maximum absolute atomic E-state index is 11.8. The minimum Gasteiger partial charge on any atom is -0.292 e. The van der Waals surface area contributed by atoms with Gasteiger partial charge in [-0.15, -0.1) is 0 Å². The highest BCUT2D eigenvalue weighted by atomic mass is 32.2. The largest absolute Gasteiger partial charge is 0.292 e. The summed E-state index contributed by atoms with van der Waals surface area (Å²) < 4.78 is 1.72. The van der Waals surface area contributed by atoms with Crippen LogP contribution in [0, 0.1) is 0 Å². The predicted molar refractivity (Wildman–Crippen MR) is 74.0 cm³/mol. The lowest BCUT2D eigenvalue weighted by atomic mass is 10.3. The third-order valence-corrected chi connectivity index (χ3v) is 3.56. The Morgan fingerprint density at radius 1 is 1.35 bits per heavy atom. The van der Waals surface area contributed by atoms with Crippen LogP contribution >= 0.6 is 23.5 Å². The normalized spacial score (nSPS) is 10.9. The van der Waals surface area contributed by atoms with Crippen molar-refractivity contribution in [2.45, 2.75) is 11.7 Å². The smallest absolute Gasteiger partial charge is 0.252 e. The Morgan fingerprint density at radius 2 is 2.18 bits per heavy atom. The minimum absolute atomic E-state index is 0.00250. The maximum atomic E-state index is 11.8. The van der Waals surface area contributed by atoms with E-state index in [1.165, 1.54) is 11.8 Å². The van der Waals surface area contributed by atoms with E-state index in [1.807, 2.05) is 12.5 Å². The average molecular weight is 267 g/mol. The molecule has 0 amide bonds. The van der Waals surface area contributed by atoms with Crippen LogP contribution in [-0.2, 0) is 6.54 Å². The first-order valence-electron chi connectivity index (χ1n) is 5.16. The van der Waals surface area contributed by atoms with Crippen molar-refractivity contribution < 1.29 is 0 Å². The summed E-state index contributed by atoms with van der Waals surface area (Å²) in [6.45, 7) is 0.683. The number of rotatable bonds is 4. The molecule has 0 radical (unpaired) electrons. The van der Waals surface area contributed by atoms with Crippen LogP contribution in [0.4, 0.5) is 0 Å². The standard InChI is InChI=1S/C11H13N3OS2/c1-16-6-5-14-9(15)4-3-8-7-12-11(17-2)13-10(8)14/h3-4,7H,5-6H2,1-2H3. The monoisotopic (exact) mass is 267 g/mol. The zero-order valence-corrected chi connectivity index (χ0v) is 11.3. The minimum atomic E-state index is -0.00250. The average Bonchev–Trinajstić information content (AvgIpc) is 2.37. The number of nitrogens with zero attached hydrogens (tertiary/aromatic N) is 3. The van der Waals surface area contributed by atoms with E-state index in [4.69, 9.17) is 0 Å². The molecule has 0 fully saturated rings. The molecule has 0 aliphatic rings. The highest BCUT2D eigenvalue weighted by Gasteiger charge is 2.05. The summed E-state index contributed by atoms with van der Waals surface area (Å²) >= 11 is 3.19. The lowest BCUT2D eigenvalue weighted by molar-refractivity contribution is 0.749. The summed E-state index contributed by atoms with van der Waals surface area (Å²) in [5.41, 5.74) is 0.725. The molecule has 2 rings (SSSR count). The molecule has 0 saturated carbocycles. The molecule has 6 heteroatoms. The number of aryl methyl sites for hydroxylation is 1. The van der Waals surface area contributed by atoms with Crippen molar-refractivity contribution in [1.82, 2.24) is 14.5 Å². The number of pyridine rings is 1. The number of thioether (sulfide) groups is 2. The summed E-state index contributed by atoms with van der Waals surface area (Å²) in [6, 6.07) is 3.35. The van der Waals surface area contributed by atoms with E-state index < -0.39 is 0 Å². The number of fused-ring (bicyclic) bond motifs is 1. The molecule has 0 unspecified atom stereocenters. The summed E-state index contributed by atoms with van der Waals surface area (Å²) in [4.78, 5) is 20.4. The van der Waals surface area contributed by atoms with Crippen LogP contribution in [0.25, 0.3) is 11.0 Å². The van der Waals surface area contributed by atoms with Crippen LogP contribution in [0.15, 0.2) is 28.3 Å². The summed E-state index contributed by atoms with van der Waals surface area (Å²) in [7, 11) is 0. The predicted octanol–water partition coefficient (Wildman–Crippen LogP) is 1.88. The van der Waals surface area contributed by atoms with Crippen molar-refractivity contribution in [3.63, 3.8) is 0 Å². The Hall–Kier alpha value is -1.01. The first-order valence-corrected chi connectivity index (χ1v) is 7.77. The van der Waals surface area contributed by atoms with Gasteiger partial charge in [-0.1, -0.05) is 11.8 Å². The molecule has 0 bridgehead atoms. The molecule has 0 aromatic carbocycles. The van der Waals surface area contributed by atoms with Gasteiger partial charge in [0.15, 0.2) is 5.16 Å². The van der Waals surface area contributed by atoms with Crippen molar-refractivity contribution in [3.05, 3.63) is 28.7 Å². The first kappa shape index (κ1) is 12.4. The lowest BCUT2D eigenvalue weighted by Crippen LogP contribution is -2.21. The molecule has 0 saturated heterocycles. The Balaban J connectivity index is 2.60. The summed E-state index contributed by atoms with van der Waals surface area (Å²) in [5, 5.41) is 1.60. The molecule has 0 spiro atoms. The fourth-order valence-electron chi connectivity index (χ4n) is 1.55. The van der Waals surface area contributed by atoms with E-state index in [9.17, 15) is 4.79 Å². The van der Waals surface area contributed by atoms with Crippen molar-refractivity contribution >= 4 is 34.6 Å². The molecule has 2 aromatic heterocycles. The molecule has 0 aliphatic heterocycles. The second kappa shape index (κ2) is 5.55. The van der Waals surface area contributed by atoms with Crippen LogP contribution in [0.5, 0.6) is 0 Å². The van der Waals surface area contributed by atoms with Gasteiger partial charge in [0.25, 0.3) is 5.56 Å². The van der Waals surface area contributed by atoms with Gasteiger partial charge in [0.1, 0.15) is 5.65 Å². The third kappa shape index (κ3) is 2.63. The fourth-order valence-corrected chi connectivity index (χ4v) is 2.25. The van der Waals surface area contributed by atoms with Gasteiger partial charge in [-0.3, -0.25) is 9.36 Å². The third-order valence-electron chi connectivity index (χ3n) is 2.40. The summed E-state index contributed by atoms with van der Waals surface area (Å²) in [5.74, 6) is 0.900. The van der Waals surface area contributed by atoms with E-state index in [-0.39, 0.29) is 5.56 Å². The lowest BCUT2D eigenvalue weighted by Gasteiger charge is -2.08. The Kier molecular flexibility index (Phi) is 4.06. The first-order chi connectivity index (χ1) is 8.26. The van der Waals surface area contributed by atoms with Crippen molar-refractivity contribution in [3.8, 4) is 0 Å². The van der Waals surface area contributed by atoms with E-state index in [2.05, 4.69) is 9.97 Å². The second-order valence-electron chi connectivity index (χ2n) is 3.45. The molecule has 0 atom stereocenters. The van der Waals surface area contributed by atoms with Crippen molar-refractivity contribution in [1.29, 1.82) is 0 Å². The van der Waals surface area contributed by atoms with Gasteiger partial charge in [0, 0.05) is 29.9 Å². The Labute approximate surface area is 108 Å². The van der Waals surface area contributed by atoms with E-state index in [1.54, 1.807) is 34.7 Å². The van der Waals surface area contributed by atoms with Gasteiger partial charge in [-0.25, -0.2) is 9.97 Å². The molecule has 17 heavy (non-hydrogen) atoms. The summed E-state index contributed by atoms with van der Waals surface area (Å²) in [6.07, 6.45) is 5.72. The van der Waals surface area contributed by atoms with Gasteiger partial charge in [0.05, 0.1) is 0 Å². The van der Waals surface area contributed by atoms with Gasteiger partial charge in [0.2, 0.25) is 0 Å². The zero-order chi connectivity index (χ0) is 12.3. The van der Waals surface area contributed by atoms with Crippen molar-refractivity contribution in [2.75, 3.05) is 18.3 Å². The van der Waals surface area contributed by atoms with Crippen LogP contribution in [-0.4, -0.2) is 32.8 Å². The Bertz CT molecular complexity index is 582. The molecule has 2 heterocycles. The zero-order valence-electron chi connectivity index (χ0n) is 9.71. The number of hydrogen-bond donors (Lipinski definition) is 0. The van der Waals surface area contributed by atoms with E-state index in [0.717, 1.165) is 16.8 Å². The second-order valence-corrected chi connectivity index (χ2v) is 5.21. The molecular formula is C11H13N3OS2. The molecule has 0 N–H and O–H groups in total. The van der Waals surface area contributed by atoms with Gasteiger partial charge in [-0.05, 0) is 18.6 Å². The Morgan fingerprint density at radius 3 is 2.88 bits per heavy atom. The van der Waals surface area contributed by atoms with E-state index >= 15 is 0 Å². The van der Waals surface area contributed by atoms with E-state index in [0.29, 0.717) is 11.7 Å². The molecule has 4 nitrogen and oxygen atoms in total. The quantitative estimate of drug-likeness (QED) is 0.625. The van der Waals surface area contributed by atoms with Crippen LogP contribution in [0.3, 0.4) is 0 Å². The number of aromatic nitrogens is 3. The van der Waals surface area contributed by atoms with Gasteiger partial charge < -0.3 is 0 Å². The maximum Gasteiger partial charge on any atom is 0.252 e. The highest BCUT2D eigenvalue weighted by Crippen LogP contribution is 2.14. The van der Waals surface area contributed by atoms with Crippen LogP contribution in [0.1, 0.15) is 0 Å². The molecule has 90 valence electrons. The number of hydrogen-bond acceptors (Lipinski definition) is 5. The van der Waals surface area contributed by atoms with Gasteiger partial charge >= 0.3 is 0 Å². The molecule has 2 aromatic rings. The van der Waals surface area contributed by atoms with Crippen LogP contribution < -0.4 is 5.56 Å². The van der Waals surface area contributed by atoms with Crippen molar-refractivity contribution in [2.24, 2.45) is 0 Å². The van der Waals surface area contributed by atoms with Gasteiger partial charge in [-0.2, -0.15) is 11.8 Å². The topological polar surface area (TPSA) is 47.8 Å². The SMILES string of the molecule is CSCCn1c(=O)ccc2cnc(SC)nc21. The fraction of sp³-hybridized carbons (Fsp3) is 0.364. The van der Waals surface area contributed by atoms with Crippen LogP contribution in [0.2, 0.25) is 0 Å².